The highest BCUT2D eigenvalue weighted by Gasteiger charge is 2.22. The molecule has 2 aliphatic heterocycles. The Morgan fingerprint density at radius 2 is 2.00 bits per heavy atom. The van der Waals surface area contributed by atoms with Crippen molar-refractivity contribution < 1.29 is 9.26 Å². The Morgan fingerprint density at radius 1 is 1.23 bits per heavy atom. The first-order valence-corrected chi connectivity index (χ1v) is 15.2. The third kappa shape index (κ3) is 6.57. The van der Waals surface area contributed by atoms with Gasteiger partial charge in [0.1, 0.15) is 34.4 Å². The predicted octanol–water partition coefficient (Wildman–Crippen LogP) is 4.22. The van der Waals surface area contributed by atoms with E-state index in [0.717, 1.165) is 88.5 Å². The Hall–Kier alpha value is -3.20. The molecule has 0 aromatic carbocycles. The molecular weight excluding hydrogens is 524 g/mol. The molecule has 2 aliphatic rings. The molecule has 3 N–H and O–H groups in total. The molecule has 5 rings (SSSR count). The van der Waals surface area contributed by atoms with Crippen molar-refractivity contribution in [3.8, 4) is 23.3 Å². The molecule has 0 spiro atoms. The van der Waals surface area contributed by atoms with Gasteiger partial charge in [-0.2, -0.15) is 10.2 Å². The average molecular weight is 565 g/mol. The number of piperidine rings is 1. The first-order chi connectivity index (χ1) is 19.4. The van der Waals surface area contributed by atoms with Crippen LogP contribution in [0.2, 0.25) is 0 Å². The SMILES string of the molecule is CCc1c(C(C)CCCc2nc(-c3cc(OC4CCNCC4)cc(N4CCN(C)CC4)n3)no2)sc(N)c1C#N. The van der Waals surface area contributed by atoms with E-state index in [1.54, 1.807) is 11.3 Å². The second-order valence-corrected chi connectivity index (χ2v) is 11.9. The largest absolute Gasteiger partial charge is 0.490 e. The summed E-state index contributed by atoms with van der Waals surface area (Å²) in [6.45, 7) is 10.0. The Morgan fingerprint density at radius 3 is 2.73 bits per heavy atom. The molecule has 2 saturated heterocycles. The fraction of sp³-hybridized carbons (Fsp3) is 0.586. The van der Waals surface area contributed by atoms with Crippen molar-refractivity contribution in [1.82, 2.24) is 25.3 Å². The van der Waals surface area contributed by atoms with Crippen LogP contribution in [0.1, 0.15) is 67.3 Å². The van der Waals surface area contributed by atoms with Crippen LogP contribution in [0.5, 0.6) is 5.75 Å². The van der Waals surface area contributed by atoms with Crippen molar-refractivity contribution in [3.05, 3.63) is 34.0 Å². The van der Waals surface area contributed by atoms with E-state index in [4.69, 9.17) is 25.0 Å². The van der Waals surface area contributed by atoms with Crippen molar-refractivity contribution in [2.24, 2.45) is 0 Å². The van der Waals surface area contributed by atoms with Crippen LogP contribution in [0.25, 0.3) is 11.5 Å². The van der Waals surface area contributed by atoms with Crippen LogP contribution < -0.4 is 20.7 Å². The number of hydrogen-bond acceptors (Lipinski definition) is 11. The lowest BCUT2D eigenvalue weighted by atomic mass is 9.96. The zero-order valence-electron chi connectivity index (χ0n) is 23.8. The fourth-order valence-electron chi connectivity index (χ4n) is 5.50. The van der Waals surface area contributed by atoms with Gasteiger partial charge in [-0.15, -0.1) is 11.3 Å². The fourth-order valence-corrected chi connectivity index (χ4v) is 6.70. The number of aryl methyl sites for hydroxylation is 1. The van der Waals surface area contributed by atoms with Gasteiger partial charge in [-0.25, -0.2) is 4.98 Å². The van der Waals surface area contributed by atoms with E-state index in [9.17, 15) is 5.26 Å². The Bertz CT molecular complexity index is 1320. The predicted molar refractivity (Wildman–Crippen MR) is 158 cm³/mol. The Balaban J connectivity index is 1.28. The summed E-state index contributed by atoms with van der Waals surface area (Å²) < 4.78 is 12.1. The molecule has 5 heterocycles. The van der Waals surface area contributed by atoms with Gasteiger partial charge in [-0.3, -0.25) is 0 Å². The van der Waals surface area contributed by atoms with Crippen molar-refractivity contribution in [2.45, 2.75) is 64.4 Å². The van der Waals surface area contributed by atoms with Crippen molar-refractivity contribution in [2.75, 3.05) is 56.9 Å². The van der Waals surface area contributed by atoms with Crippen LogP contribution >= 0.6 is 11.3 Å². The number of likely N-dealkylation sites (N-methyl/N-ethyl adjacent to an activating group) is 1. The number of thiophene rings is 1. The Labute approximate surface area is 240 Å². The molecule has 0 aliphatic carbocycles. The summed E-state index contributed by atoms with van der Waals surface area (Å²) in [6.07, 6.45) is 5.50. The number of rotatable bonds is 10. The molecule has 3 aromatic rings. The maximum Gasteiger partial charge on any atom is 0.227 e. The number of hydrogen-bond donors (Lipinski definition) is 2. The number of ether oxygens (including phenoxy) is 1. The summed E-state index contributed by atoms with van der Waals surface area (Å²) in [5.41, 5.74) is 8.52. The molecule has 1 unspecified atom stereocenters. The molecule has 214 valence electrons. The third-order valence-corrected chi connectivity index (χ3v) is 9.20. The zero-order chi connectivity index (χ0) is 28.1. The van der Waals surface area contributed by atoms with Gasteiger partial charge in [0.25, 0.3) is 0 Å². The van der Waals surface area contributed by atoms with E-state index < -0.39 is 0 Å². The molecule has 0 radical (unpaired) electrons. The van der Waals surface area contributed by atoms with Crippen LogP contribution in [0, 0.1) is 11.3 Å². The van der Waals surface area contributed by atoms with Crippen molar-refractivity contribution in [3.63, 3.8) is 0 Å². The quantitative estimate of drug-likeness (QED) is 0.369. The topological polar surface area (TPSA) is 129 Å². The van der Waals surface area contributed by atoms with E-state index >= 15 is 0 Å². The molecule has 0 amide bonds. The monoisotopic (exact) mass is 564 g/mol. The van der Waals surface area contributed by atoms with Crippen molar-refractivity contribution >= 4 is 22.2 Å². The first-order valence-electron chi connectivity index (χ1n) is 14.4. The second kappa shape index (κ2) is 13.0. The molecule has 40 heavy (non-hydrogen) atoms. The first kappa shape index (κ1) is 28.3. The van der Waals surface area contributed by atoms with Crippen LogP contribution in [0.15, 0.2) is 16.7 Å². The highest BCUT2D eigenvalue weighted by Crippen LogP contribution is 2.38. The summed E-state index contributed by atoms with van der Waals surface area (Å²) in [7, 11) is 2.15. The standard InChI is InChI=1S/C29H40N8O2S/c1-4-22-23(18-30)28(31)40-27(22)19(2)6-5-7-26-34-29(35-39-26)24-16-21(38-20-8-10-32-11-9-20)17-25(33-24)37-14-12-36(3)13-15-37/h16-17,19-20,32H,4-15,31H2,1-3H3. The van der Waals surface area contributed by atoms with E-state index in [2.05, 4.69) is 53.3 Å². The van der Waals surface area contributed by atoms with Crippen molar-refractivity contribution in [1.29, 1.82) is 5.26 Å². The van der Waals surface area contributed by atoms with Gasteiger partial charge in [-0.1, -0.05) is 19.0 Å². The minimum Gasteiger partial charge on any atom is -0.490 e. The molecule has 10 nitrogen and oxygen atoms in total. The number of pyridine rings is 1. The molecule has 2 fully saturated rings. The molecule has 11 heteroatoms. The highest BCUT2D eigenvalue weighted by molar-refractivity contribution is 7.16. The van der Waals surface area contributed by atoms with E-state index in [-0.39, 0.29) is 6.10 Å². The lowest BCUT2D eigenvalue weighted by molar-refractivity contribution is 0.162. The van der Waals surface area contributed by atoms with Gasteiger partial charge in [0.15, 0.2) is 0 Å². The molecular formula is C29H40N8O2S. The number of piperazine rings is 1. The summed E-state index contributed by atoms with van der Waals surface area (Å²) >= 11 is 1.55. The number of nitrogens with one attached hydrogen (secondary N) is 1. The number of aromatic nitrogens is 3. The number of anilines is 2. The minimum atomic E-state index is 0.191. The maximum atomic E-state index is 9.48. The van der Waals surface area contributed by atoms with E-state index in [1.165, 1.54) is 4.88 Å². The summed E-state index contributed by atoms with van der Waals surface area (Å²) in [5.74, 6) is 3.11. The summed E-state index contributed by atoms with van der Waals surface area (Å²) in [6, 6.07) is 6.27. The van der Waals surface area contributed by atoms with E-state index in [0.29, 0.717) is 40.3 Å². The molecule has 1 atom stereocenters. The maximum absolute atomic E-state index is 9.48. The molecule has 0 bridgehead atoms. The zero-order valence-corrected chi connectivity index (χ0v) is 24.6. The normalized spacial score (nSPS) is 17.6. The van der Waals surface area contributed by atoms with Gasteiger partial charge >= 0.3 is 0 Å². The van der Waals surface area contributed by atoms with Gasteiger partial charge in [-0.05, 0) is 63.7 Å². The van der Waals surface area contributed by atoms with Crippen LogP contribution in [-0.4, -0.2) is 72.4 Å². The summed E-state index contributed by atoms with van der Waals surface area (Å²) in [4.78, 5) is 15.5. The van der Waals surface area contributed by atoms with Crippen LogP contribution in [0.3, 0.4) is 0 Å². The number of nitrogen functional groups attached to an aromatic ring is 1. The third-order valence-electron chi connectivity index (χ3n) is 7.90. The van der Waals surface area contributed by atoms with Gasteiger partial charge < -0.3 is 30.1 Å². The Kier molecular flexibility index (Phi) is 9.19. The lowest BCUT2D eigenvalue weighted by Crippen LogP contribution is -2.44. The average Bonchev–Trinajstić information content (AvgIpc) is 3.57. The molecule has 0 saturated carbocycles. The minimum absolute atomic E-state index is 0.191. The van der Waals surface area contributed by atoms with Gasteiger partial charge in [0.05, 0.1) is 5.56 Å². The smallest absolute Gasteiger partial charge is 0.227 e. The lowest BCUT2D eigenvalue weighted by Gasteiger charge is -2.33. The number of nitriles is 1. The number of nitrogens with zero attached hydrogens (tertiary/aromatic N) is 6. The van der Waals surface area contributed by atoms with E-state index in [1.807, 2.05) is 6.07 Å². The second-order valence-electron chi connectivity index (χ2n) is 10.9. The van der Waals surface area contributed by atoms with Gasteiger partial charge in [0.2, 0.25) is 11.7 Å². The van der Waals surface area contributed by atoms with Crippen LogP contribution in [0.4, 0.5) is 10.8 Å². The van der Waals surface area contributed by atoms with Gasteiger partial charge in [0, 0.05) is 49.6 Å². The highest BCUT2D eigenvalue weighted by atomic mass is 32.1. The summed E-state index contributed by atoms with van der Waals surface area (Å²) in [5, 5.41) is 17.8. The van der Waals surface area contributed by atoms with Crippen LogP contribution in [-0.2, 0) is 12.8 Å². The number of nitrogens with two attached hydrogens (primary N) is 1. The molecule has 3 aromatic heterocycles.